The van der Waals surface area contributed by atoms with Crippen LogP contribution in [0.2, 0.25) is 0 Å². The van der Waals surface area contributed by atoms with E-state index in [1.165, 1.54) is 13.2 Å². The van der Waals surface area contributed by atoms with E-state index in [0.29, 0.717) is 13.1 Å². The van der Waals surface area contributed by atoms with Crippen molar-refractivity contribution in [1.82, 2.24) is 10.3 Å². The van der Waals surface area contributed by atoms with Crippen molar-refractivity contribution in [2.24, 2.45) is 0 Å². The Morgan fingerprint density at radius 3 is 2.64 bits per heavy atom. The topological polar surface area (TPSA) is 43.4 Å². The highest BCUT2D eigenvalue weighted by atomic mass is 19.3. The zero-order valence-corrected chi connectivity index (χ0v) is 12.5. The first kappa shape index (κ1) is 16.2. The maximum Gasteiger partial charge on any atom is 0.387 e. The van der Waals surface area contributed by atoms with Crippen molar-refractivity contribution in [2.45, 2.75) is 26.6 Å². The van der Waals surface area contributed by atoms with Crippen molar-refractivity contribution >= 4 is 0 Å². The number of hydrogen-bond donors (Lipinski definition) is 1. The average Bonchev–Trinajstić information content (AvgIpc) is 2.48. The van der Waals surface area contributed by atoms with E-state index in [9.17, 15) is 8.78 Å². The van der Waals surface area contributed by atoms with Crippen molar-refractivity contribution in [2.75, 3.05) is 7.11 Å². The van der Waals surface area contributed by atoms with Crippen LogP contribution < -0.4 is 14.8 Å². The summed E-state index contributed by atoms with van der Waals surface area (Å²) in [6, 6.07) is 10.7. The smallest absolute Gasteiger partial charge is 0.387 e. The predicted molar refractivity (Wildman–Crippen MR) is 79.1 cm³/mol. The van der Waals surface area contributed by atoms with E-state index >= 15 is 0 Å². The third-order valence-electron chi connectivity index (χ3n) is 3.03. The number of halogens is 2. The Bertz CT molecular complexity index is 621. The van der Waals surface area contributed by atoms with Crippen LogP contribution in [-0.2, 0) is 13.1 Å². The van der Waals surface area contributed by atoms with E-state index in [2.05, 4.69) is 15.0 Å². The van der Waals surface area contributed by atoms with Gasteiger partial charge in [0.05, 0.1) is 12.8 Å². The zero-order chi connectivity index (χ0) is 15.9. The van der Waals surface area contributed by atoms with E-state index in [-0.39, 0.29) is 11.5 Å². The van der Waals surface area contributed by atoms with E-state index < -0.39 is 6.61 Å². The Morgan fingerprint density at radius 1 is 1.14 bits per heavy atom. The summed E-state index contributed by atoms with van der Waals surface area (Å²) in [6.45, 7) is 0.265. The zero-order valence-electron chi connectivity index (χ0n) is 12.5. The molecule has 22 heavy (non-hydrogen) atoms. The van der Waals surface area contributed by atoms with Gasteiger partial charge in [-0.1, -0.05) is 12.1 Å². The second-order valence-electron chi connectivity index (χ2n) is 4.74. The van der Waals surface area contributed by atoms with Gasteiger partial charge in [-0.25, -0.2) is 0 Å². The molecule has 0 aliphatic heterocycles. The van der Waals surface area contributed by atoms with Gasteiger partial charge in [0, 0.05) is 18.8 Å². The Morgan fingerprint density at radius 2 is 1.95 bits per heavy atom. The van der Waals surface area contributed by atoms with Crippen LogP contribution in [0.1, 0.15) is 17.0 Å². The van der Waals surface area contributed by atoms with Crippen LogP contribution in [0.5, 0.6) is 11.5 Å². The molecule has 0 amide bonds. The fraction of sp³-hybridized carbons (Fsp3) is 0.312. The second-order valence-corrected chi connectivity index (χ2v) is 4.74. The summed E-state index contributed by atoms with van der Waals surface area (Å²) in [5.74, 6) is 0.315. The highest BCUT2D eigenvalue weighted by molar-refractivity contribution is 5.43. The van der Waals surface area contributed by atoms with Gasteiger partial charge in [0.1, 0.15) is 0 Å². The minimum Gasteiger partial charge on any atom is -0.493 e. The Hall–Kier alpha value is -2.21. The molecule has 1 N–H and O–H groups in total. The van der Waals surface area contributed by atoms with Crippen molar-refractivity contribution in [3.8, 4) is 11.5 Å². The lowest BCUT2D eigenvalue weighted by Crippen LogP contribution is -2.14. The largest absolute Gasteiger partial charge is 0.493 e. The molecule has 0 saturated heterocycles. The summed E-state index contributed by atoms with van der Waals surface area (Å²) in [5, 5.41) is 3.25. The Labute approximate surface area is 128 Å². The molecular weight excluding hydrogens is 290 g/mol. The number of ether oxygens (including phenoxy) is 2. The first-order chi connectivity index (χ1) is 10.6. The summed E-state index contributed by atoms with van der Waals surface area (Å²) < 4.78 is 34.0. The number of rotatable bonds is 7. The fourth-order valence-electron chi connectivity index (χ4n) is 2.05. The molecule has 0 saturated carbocycles. The van der Waals surface area contributed by atoms with Gasteiger partial charge in [-0.15, -0.1) is 0 Å². The van der Waals surface area contributed by atoms with Crippen LogP contribution in [0.4, 0.5) is 8.78 Å². The number of pyridine rings is 1. The van der Waals surface area contributed by atoms with Crippen molar-refractivity contribution in [1.29, 1.82) is 0 Å². The van der Waals surface area contributed by atoms with E-state index in [0.717, 1.165) is 17.0 Å². The van der Waals surface area contributed by atoms with Crippen LogP contribution >= 0.6 is 0 Å². The average molecular weight is 308 g/mol. The van der Waals surface area contributed by atoms with Gasteiger partial charge in [-0.2, -0.15) is 8.78 Å². The number of nitrogens with zero attached hydrogens (tertiary/aromatic N) is 1. The van der Waals surface area contributed by atoms with Crippen LogP contribution in [0.15, 0.2) is 36.4 Å². The van der Waals surface area contributed by atoms with Gasteiger partial charge in [-0.05, 0) is 36.8 Å². The second kappa shape index (κ2) is 7.70. The first-order valence-corrected chi connectivity index (χ1v) is 6.83. The molecule has 0 fully saturated rings. The number of hydrogen-bond acceptors (Lipinski definition) is 4. The van der Waals surface area contributed by atoms with Crippen LogP contribution in [0, 0.1) is 6.92 Å². The highest BCUT2D eigenvalue weighted by Crippen LogP contribution is 2.29. The molecule has 2 aromatic rings. The van der Waals surface area contributed by atoms with E-state index in [1.807, 2.05) is 25.1 Å². The minimum absolute atomic E-state index is 0.0293. The molecule has 4 nitrogen and oxygen atoms in total. The van der Waals surface area contributed by atoms with Crippen LogP contribution in [0.3, 0.4) is 0 Å². The Kier molecular flexibility index (Phi) is 5.66. The summed E-state index contributed by atoms with van der Waals surface area (Å²) in [7, 11) is 1.42. The molecular formula is C16H18F2N2O2. The van der Waals surface area contributed by atoms with Gasteiger partial charge >= 0.3 is 6.61 Å². The summed E-state index contributed by atoms with van der Waals surface area (Å²) in [5.41, 5.74) is 2.82. The van der Waals surface area contributed by atoms with Gasteiger partial charge in [0.25, 0.3) is 0 Å². The van der Waals surface area contributed by atoms with Gasteiger partial charge in [0.2, 0.25) is 0 Å². The lowest BCUT2D eigenvalue weighted by Gasteiger charge is -2.12. The number of alkyl halides is 2. The lowest BCUT2D eigenvalue weighted by molar-refractivity contribution is -0.0512. The minimum atomic E-state index is -2.87. The summed E-state index contributed by atoms with van der Waals surface area (Å²) >= 11 is 0. The lowest BCUT2D eigenvalue weighted by atomic mass is 10.2. The standard InChI is InChI=1S/C16H18F2N2O2/c1-11-4-3-5-13(20-11)10-19-9-12-6-7-14(22-16(17)18)15(8-12)21-2/h3-8,16,19H,9-10H2,1-2H3. The molecule has 0 bridgehead atoms. The fourth-order valence-corrected chi connectivity index (χ4v) is 2.05. The van der Waals surface area contributed by atoms with E-state index in [1.54, 1.807) is 12.1 Å². The van der Waals surface area contributed by atoms with Crippen LogP contribution in [-0.4, -0.2) is 18.7 Å². The number of aromatic nitrogens is 1. The first-order valence-electron chi connectivity index (χ1n) is 6.83. The molecule has 0 unspecified atom stereocenters. The van der Waals surface area contributed by atoms with Gasteiger partial charge in [-0.3, -0.25) is 4.98 Å². The normalized spacial score (nSPS) is 10.8. The van der Waals surface area contributed by atoms with E-state index in [4.69, 9.17) is 4.74 Å². The summed E-state index contributed by atoms with van der Waals surface area (Å²) in [6.07, 6.45) is 0. The maximum absolute atomic E-state index is 12.3. The molecule has 118 valence electrons. The van der Waals surface area contributed by atoms with Gasteiger partial charge < -0.3 is 14.8 Å². The quantitative estimate of drug-likeness (QED) is 0.852. The molecule has 6 heteroatoms. The highest BCUT2D eigenvalue weighted by Gasteiger charge is 2.10. The third kappa shape index (κ3) is 4.66. The number of aryl methyl sites for hydroxylation is 1. The third-order valence-corrected chi connectivity index (χ3v) is 3.03. The SMILES string of the molecule is COc1cc(CNCc2cccc(C)n2)ccc1OC(F)F. The monoisotopic (exact) mass is 308 g/mol. The number of nitrogens with one attached hydrogen (secondary N) is 1. The molecule has 1 aromatic heterocycles. The predicted octanol–water partition coefficient (Wildman–Crippen LogP) is 3.29. The number of methoxy groups -OCH3 is 1. The van der Waals surface area contributed by atoms with Crippen LogP contribution in [0.25, 0.3) is 0 Å². The molecule has 2 rings (SSSR count). The molecule has 0 aliphatic carbocycles. The maximum atomic E-state index is 12.3. The van der Waals surface area contributed by atoms with Crippen molar-refractivity contribution in [3.63, 3.8) is 0 Å². The molecule has 1 heterocycles. The summed E-state index contributed by atoms with van der Waals surface area (Å²) in [4.78, 5) is 4.39. The van der Waals surface area contributed by atoms with Crippen molar-refractivity contribution in [3.05, 3.63) is 53.3 Å². The molecule has 1 aromatic carbocycles. The molecule has 0 spiro atoms. The molecule has 0 radical (unpaired) electrons. The van der Waals surface area contributed by atoms with Gasteiger partial charge in [0.15, 0.2) is 11.5 Å². The number of benzene rings is 1. The molecule has 0 atom stereocenters. The van der Waals surface area contributed by atoms with Crippen molar-refractivity contribution < 1.29 is 18.3 Å². The molecule has 0 aliphatic rings. The Balaban J connectivity index is 1.95.